The van der Waals surface area contributed by atoms with Crippen molar-refractivity contribution in [2.45, 2.75) is 120 Å². The molecule has 81 heavy (non-hydrogen) atoms. The second kappa shape index (κ2) is 33.2. The molecule has 0 radical (unpaired) electrons. The van der Waals surface area contributed by atoms with E-state index in [-0.39, 0.29) is 85.5 Å². The third-order valence-electron chi connectivity index (χ3n) is 13.5. The number of aliphatic hydroxyl groups is 1. The van der Waals surface area contributed by atoms with Crippen molar-refractivity contribution < 1.29 is 70.7 Å². The van der Waals surface area contributed by atoms with Crippen molar-refractivity contribution in [2.75, 3.05) is 39.6 Å². The summed E-state index contributed by atoms with van der Waals surface area (Å²) in [4.78, 5) is 11.7. The number of benzene rings is 6. The van der Waals surface area contributed by atoms with Crippen LogP contribution in [-0.2, 0) is 105 Å². The lowest BCUT2D eigenvalue weighted by Crippen LogP contribution is -2.62. The van der Waals surface area contributed by atoms with Gasteiger partial charge in [0.2, 0.25) is 5.91 Å². The van der Waals surface area contributed by atoms with Gasteiger partial charge in [0.25, 0.3) is 0 Å². The zero-order valence-electron chi connectivity index (χ0n) is 45.3. The summed E-state index contributed by atoms with van der Waals surface area (Å²) in [5, 5.41) is 22.2. The number of hydrogen-bond acceptors (Lipinski definition) is 16. The van der Waals surface area contributed by atoms with Crippen LogP contribution >= 0.6 is 7.82 Å². The van der Waals surface area contributed by atoms with E-state index in [0.29, 0.717) is 6.42 Å². The van der Waals surface area contributed by atoms with Gasteiger partial charge in [-0.15, -0.1) is 0 Å². The number of hydrogen-bond donors (Lipinski definition) is 2. The minimum atomic E-state index is -4.86. The Hall–Kier alpha value is -6.01. The van der Waals surface area contributed by atoms with E-state index in [1.807, 2.05) is 188 Å². The van der Waals surface area contributed by atoms with Crippen LogP contribution in [0.3, 0.4) is 0 Å². The summed E-state index contributed by atoms with van der Waals surface area (Å²) in [6, 6.07) is 59.6. The highest BCUT2D eigenvalue weighted by molar-refractivity contribution is 7.48. The van der Waals surface area contributed by atoms with Crippen LogP contribution in [-0.4, -0.2) is 112 Å². The van der Waals surface area contributed by atoms with E-state index >= 15 is 4.57 Å². The molecule has 0 spiro atoms. The number of phosphoric ester groups is 1. The minimum Gasteiger partial charge on any atom is -0.387 e. The molecule has 1 amide bonds. The van der Waals surface area contributed by atoms with Gasteiger partial charge < -0.3 is 53.5 Å². The number of aliphatic hydroxyl groups excluding tert-OH is 1. The fourth-order valence-electron chi connectivity index (χ4n) is 9.43. The van der Waals surface area contributed by atoms with E-state index in [1.165, 1.54) is 0 Å². The van der Waals surface area contributed by atoms with Crippen molar-refractivity contribution >= 4 is 13.7 Å². The summed E-state index contributed by atoms with van der Waals surface area (Å²) in [7, 11) is -4.86. The minimum absolute atomic E-state index is 0.0122. The molecular formula is C63H73N2O15P. The summed E-state index contributed by atoms with van der Waals surface area (Å²) in [5.41, 5.74) is 10.7. The molecule has 3 unspecified atom stereocenters. The average molecular weight is 1130 g/mol. The molecule has 17 nitrogen and oxygen atoms in total. The Labute approximate surface area is 474 Å². The first kappa shape index (κ1) is 61.1. The van der Waals surface area contributed by atoms with Gasteiger partial charge >= 0.3 is 7.82 Å². The molecule has 11 atom stereocenters. The maximum Gasteiger partial charge on any atom is 0.475 e. The molecule has 3 N–H and O–H groups in total. The van der Waals surface area contributed by atoms with Gasteiger partial charge in [0.1, 0.15) is 61.0 Å². The molecule has 430 valence electrons. The van der Waals surface area contributed by atoms with Gasteiger partial charge in [0.05, 0.1) is 85.2 Å². The standard InChI is InChI=1S/C63H73N2O15P/c64-34-20-36-76-81(68,77-46-56-60(73-40-50-27-13-4-14-28-50)58(67)59(72-39-49-25-11-3-12-26-49)53(78-56)44-70-37-47-21-7-1-8-22-47)80-62-55(43-69-35-19-33-57(65)66)79-54(45-71-38-48-23-9-2-10-24-48)61(74-41-51-29-15-5-16-30-51)63(62)75-42-52-31-17-6-18-32-52/h1-18,21-32,53-56,58-63,67H,19-20,33,35-46H2,(H2,65,66)/t53-,54-,55+,56+,58?,59-,60+,61-,62?,63+,81?/m1/s1. The lowest BCUT2D eigenvalue weighted by molar-refractivity contribution is -0.269. The molecule has 2 aliphatic rings. The molecular weight excluding hydrogens is 1060 g/mol. The quantitative estimate of drug-likeness (QED) is 0.0284. The Balaban J connectivity index is 1.12. The molecule has 0 aromatic heterocycles. The van der Waals surface area contributed by atoms with Gasteiger partial charge in [-0.1, -0.05) is 182 Å². The molecule has 2 saturated heterocycles. The second-order valence-corrected chi connectivity index (χ2v) is 21.3. The highest BCUT2D eigenvalue weighted by Crippen LogP contribution is 2.53. The largest absolute Gasteiger partial charge is 0.475 e. The summed E-state index contributed by atoms with van der Waals surface area (Å²) < 4.78 is 94.2. The molecule has 0 bridgehead atoms. The fourth-order valence-corrected chi connectivity index (χ4v) is 10.8. The molecule has 0 aliphatic carbocycles. The van der Waals surface area contributed by atoms with Crippen molar-refractivity contribution in [3.8, 4) is 6.07 Å². The van der Waals surface area contributed by atoms with Crippen LogP contribution in [0.4, 0.5) is 0 Å². The topological polar surface area (TPSA) is 215 Å². The number of amides is 1. The van der Waals surface area contributed by atoms with E-state index < -0.39 is 81.4 Å². The number of nitrogens with two attached hydrogens (primary N) is 1. The smallest absolute Gasteiger partial charge is 0.387 e. The third-order valence-corrected chi connectivity index (χ3v) is 15.0. The van der Waals surface area contributed by atoms with Crippen molar-refractivity contribution in [1.29, 1.82) is 5.26 Å². The van der Waals surface area contributed by atoms with Gasteiger partial charge in [-0.25, -0.2) is 4.57 Å². The predicted octanol–water partition coefficient (Wildman–Crippen LogP) is 9.38. The van der Waals surface area contributed by atoms with Crippen LogP contribution in [0.2, 0.25) is 0 Å². The van der Waals surface area contributed by atoms with Gasteiger partial charge in [0, 0.05) is 13.0 Å². The van der Waals surface area contributed by atoms with E-state index in [4.69, 9.17) is 61.9 Å². The SMILES string of the molecule is N#CCCOP(=O)(OC[C@@H]1O[C@H](COCc2ccccc2)[C@@H](OCc2ccccc2)C(O)[C@H]1OCc1ccccc1)OC1[C@H](COCCCC(N)=O)O[C@H](COCc2ccccc2)[C@@H](OCc2ccccc2)[C@@H]1OCc1ccccc1. The molecule has 2 heterocycles. The highest BCUT2D eigenvalue weighted by atomic mass is 31.2. The molecule has 18 heteroatoms. The number of rotatable bonds is 34. The Morgan fingerprint density at radius 3 is 1.25 bits per heavy atom. The van der Waals surface area contributed by atoms with Gasteiger partial charge in [-0.3, -0.25) is 18.4 Å². The number of nitrogens with zero attached hydrogens (tertiary/aromatic N) is 1. The zero-order chi connectivity index (χ0) is 56.3. The first-order valence-electron chi connectivity index (χ1n) is 27.4. The first-order valence-corrected chi connectivity index (χ1v) is 28.8. The number of carbonyl (C=O) groups is 1. The molecule has 8 rings (SSSR count). The van der Waals surface area contributed by atoms with Crippen molar-refractivity contribution in [3.63, 3.8) is 0 Å². The summed E-state index contributed by atoms with van der Waals surface area (Å²) in [5.74, 6) is -0.479. The van der Waals surface area contributed by atoms with Crippen LogP contribution in [0.5, 0.6) is 0 Å². The van der Waals surface area contributed by atoms with Gasteiger partial charge in [-0.05, 0) is 39.8 Å². The number of nitriles is 1. The number of carbonyl (C=O) groups excluding carboxylic acids is 1. The summed E-state index contributed by atoms with van der Waals surface area (Å²) in [6.07, 6.45) is -10.4. The Morgan fingerprint density at radius 2 is 0.827 bits per heavy atom. The first-order chi connectivity index (χ1) is 39.7. The molecule has 2 aliphatic heterocycles. The Bertz CT molecular complexity index is 2790. The maximum atomic E-state index is 15.8. The normalized spacial score (nSPS) is 23.5. The fraction of sp³-hybridized carbons (Fsp3) is 0.397. The zero-order valence-corrected chi connectivity index (χ0v) is 46.2. The van der Waals surface area contributed by atoms with Crippen molar-refractivity contribution in [2.24, 2.45) is 5.73 Å². The van der Waals surface area contributed by atoms with E-state index in [1.54, 1.807) is 0 Å². The van der Waals surface area contributed by atoms with Crippen molar-refractivity contribution in [1.82, 2.24) is 0 Å². The molecule has 2 fully saturated rings. The molecule has 0 saturated carbocycles. The molecule has 6 aromatic carbocycles. The van der Waals surface area contributed by atoms with Crippen LogP contribution < -0.4 is 5.73 Å². The van der Waals surface area contributed by atoms with Crippen LogP contribution in [0.1, 0.15) is 52.6 Å². The number of phosphoric acid groups is 1. The second-order valence-electron chi connectivity index (χ2n) is 19.7. The Kier molecular flexibility index (Phi) is 25.0. The lowest BCUT2D eigenvalue weighted by atomic mass is 9.94. The van der Waals surface area contributed by atoms with Gasteiger partial charge in [-0.2, -0.15) is 5.26 Å². The van der Waals surface area contributed by atoms with E-state index in [2.05, 4.69) is 0 Å². The third kappa shape index (κ3) is 19.8. The lowest BCUT2D eigenvalue weighted by Gasteiger charge is -2.46. The number of ether oxygens (including phenoxy) is 9. The summed E-state index contributed by atoms with van der Waals surface area (Å²) in [6.45, 7) is 0.0490. The number of primary amides is 1. The van der Waals surface area contributed by atoms with Crippen LogP contribution in [0, 0.1) is 11.3 Å². The highest BCUT2D eigenvalue weighted by Gasteiger charge is 2.53. The van der Waals surface area contributed by atoms with Crippen molar-refractivity contribution in [3.05, 3.63) is 215 Å². The predicted molar refractivity (Wildman–Crippen MR) is 299 cm³/mol. The van der Waals surface area contributed by atoms with Crippen LogP contribution in [0.25, 0.3) is 0 Å². The van der Waals surface area contributed by atoms with Gasteiger partial charge in [0.15, 0.2) is 0 Å². The average Bonchev–Trinajstić information content (AvgIpc) is 3.59. The van der Waals surface area contributed by atoms with E-state index in [0.717, 1.165) is 33.4 Å². The van der Waals surface area contributed by atoms with E-state index in [9.17, 15) is 15.2 Å². The molecule has 6 aromatic rings. The Morgan fingerprint density at radius 1 is 0.469 bits per heavy atom. The van der Waals surface area contributed by atoms with Crippen LogP contribution in [0.15, 0.2) is 182 Å². The maximum absolute atomic E-state index is 15.8. The monoisotopic (exact) mass is 1130 g/mol. The summed E-state index contributed by atoms with van der Waals surface area (Å²) >= 11 is 0.